The van der Waals surface area contributed by atoms with Crippen molar-refractivity contribution in [2.75, 3.05) is 14.2 Å². The van der Waals surface area contributed by atoms with E-state index in [4.69, 9.17) is 14.2 Å². The van der Waals surface area contributed by atoms with Gasteiger partial charge in [0, 0.05) is 0 Å². The Kier molecular flexibility index (Phi) is 5.16. The number of fused-ring (bicyclic) bond motifs is 1. The summed E-state index contributed by atoms with van der Waals surface area (Å²) in [5.41, 5.74) is 2.01. The molecule has 146 valence electrons. The number of nitrogens with zero attached hydrogens (tertiary/aromatic N) is 1. The van der Waals surface area contributed by atoms with E-state index in [1.165, 1.54) is 0 Å². The van der Waals surface area contributed by atoms with Gasteiger partial charge in [0.2, 0.25) is 0 Å². The van der Waals surface area contributed by atoms with Gasteiger partial charge in [0.05, 0.1) is 30.7 Å². The fourth-order valence-electron chi connectivity index (χ4n) is 3.14. The fourth-order valence-corrected chi connectivity index (χ4v) is 3.14. The van der Waals surface area contributed by atoms with Gasteiger partial charge < -0.3 is 19.2 Å². The molecule has 1 N–H and O–H groups in total. The predicted molar refractivity (Wildman–Crippen MR) is 112 cm³/mol. The predicted octanol–water partition coefficient (Wildman–Crippen LogP) is 4.19. The van der Waals surface area contributed by atoms with Crippen LogP contribution in [0, 0.1) is 0 Å². The van der Waals surface area contributed by atoms with E-state index >= 15 is 0 Å². The Hall–Kier alpha value is -3.80. The molecule has 0 aliphatic heterocycles. The van der Waals surface area contributed by atoms with Crippen molar-refractivity contribution in [3.8, 4) is 28.6 Å². The van der Waals surface area contributed by atoms with Gasteiger partial charge in [-0.3, -0.25) is 4.79 Å². The lowest BCUT2D eigenvalue weighted by atomic mass is 10.1. The Balaban J connectivity index is 1.76. The van der Waals surface area contributed by atoms with Crippen LogP contribution in [0.5, 0.6) is 17.2 Å². The van der Waals surface area contributed by atoms with Crippen LogP contribution in [-0.4, -0.2) is 24.2 Å². The Bertz CT molecular complexity index is 1220. The van der Waals surface area contributed by atoms with Crippen molar-refractivity contribution < 1.29 is 14.2 Å². The number of hydrogen-bond donors (Lipinski definition) is 1. The van der Waals surface area contributed by atoms with Gasteiger partial charge >= 0.3 is 0 Å². The first-order valence-electron chi connectivity index (χ1n) is 9.12. The molecule has 0 aliphatic carbocycles. The molecule has 0 bridgehead atoms. The number of hydrogen-bond acceptors (Lipinski definition) is 5. The van der Waals surface area contributed by atoms with E-state index in [0.29, 0.717) is 40.4 Å². The number of benzene rings is 3. The first kappa shape index (κ1) is 18.6. The topological polar surface area (TPSA) is 73.4 Å². The van der Waals surface area contributed by atoms with Crippen molar-refractivity contribution in [2.24, 2.45) is 0 Å². The second-order valence-corrected chi connectivity index (χ2v) is 6.41. The van der Waals surface area contributed by atoms with Gasteiger partial charge in [0.15, 0.2) is 11.5 Å². The smallest absolute Gasteiger partial charge is 0.259 e. The SMILES string of the molecule is COc1cccc(COc2c(OC)cccc2-c2nc3ccccc3c(=O)[nH]2)c1. The van der Waals surface area contributed by atoms with Gasteiger partial charge in [0.25, 0.3) is 5.56 Å². The number of para-hydroxylation sites is 2. The first-order chi connectivity index (χ1) is 14.2. The zero-order valence-corrected chi connectivity index (χ0v) is 16.1. The molecule has 0 fully saturated rings. The molecule has 0 atom stereocenters. The Morgan fingerprint density at radius 3 is 2.59 bits per heavy atom. The van der Waals surface area contributed by atoms with Crippen LogP contribution >= 0.6 is 0 Å². The highest BCUT2D eigenvalue weighted by Crippen LogP contribution is 2.37. The molecule has 0 saturated carbocycles. The van der Waals surface area contributed by atoms with Crippen LogP contribution in [0.2, 0.25) is 0 Å². The van der Waals surface area contributed by atoms with Gasteiger partial charge in [0.1, 0.15) is 18.2 Å². The minimum absolute atomic E-state index is 0.202. The number of nitrogens with one attached hydrogen (secondary N) is 1. The molecule has 0 spiro atoms. The second kappa shape index (κ2) is 8.06. The molecule has 0 unspecified atom stereocenters. The molecule has 4 aromatic rings. The quantitative estimate of drug-likeness (QED) is 0.536. The van der Waals surface area contributed by atoms with Gasteiger partial charge in [-0.05, 0) is 42.0 Å². The summed E-state index contributed by atoms with van der Waals surface area (Å²) in [5, 5.41) is 0.540. The molecule has 0 aliphatic rings. The summed E-state index contributed by atoms with van der Waals surface area (Å²) in [6, 6.07) is 20.4. The number of rotatable bonds is 6. The van der Waals surface area contributed by atoms with Crippen LogP contribution < -0.4 is 19.8 Å². The van der Waals surface area contributed by atoms with Crippen molar-refractivity contribution in [1.82, 2.24) is 9.97 Å². The third-order valence-electron chi connectivity index (χ3n) is 4.58. The van der Waals surface area contributed by atoms with Crippen LogP contribution in [0.1, 0.15) is 5.56 Å². The normalized spacial score (nSPS) is 10.7. The average Bonchev–Trinajstić information content (AvgIpc) is 2.77. The third kappa shape index (κ3) is 3.78. The average molecular weight is 388 g/mol. The number of aromatic nitrogens is 2. The van der Waals surface area contributed by atoms with Gasteiger partial charge in [-0.25, -0.2) is 4.98 Å². The monoisotopic (exact) mass is 388 g/mol. The Labute approximate surface area is 167 Å². The number of H-pyrrole nitrogens is 1. The molecule has 0 saturated heterocycles. The standard InChI is InChI=1S/C23H20N2O4/c1-27-16-8-5-7-15(13-16)14-29-21-18(10-6-12-20(21)28-2)22-24-19-11-4-3-9-17(19)23(26)25-22/h3-13H,14H2,1-2H3,(H,24,25,26). The first-order valence-corrected chi connectivity index (χ1v) is 9.12. The van der Waals surface area contributed by atoms with Gasteiger partial charge in [-0.15, -0.1) is 0 Å². The summed E-state index contributed by atoms with van der Waals surface area (Å²) in [7, 11) is 3.20. The fraction of sp³-hybridized carbons (Fsp3) is 0.130. The lowest BCUT2D eigenvalue weighted by Gasteiger charge is -2.15. The number of aromatic amines is 1. The van der Waals surface area contributed by atoms with Crippen molar-refractivity contribution in [3.05, 3.63) is 82.6 Å². The highest BCUT2D eigenvalue weighted by molar-refractivity contribution is 5.80. The van der Waals surface area contributed by atoms with Crippen LogP contribution in [0.25, 0.3) is 22.3 Å². The molecule has 1 aromatic heterocycles. The van der Waals surface area contributed by atoms with Crippen molar-refractivity contribution in [1.29, 1.82) is 0 Å². The van der Waals surface area contributed by atoms with E-state index in [1.807, 2.05) is 60.7 Å². The zero-order chi connectivity index (χ0) is 20.2. The highest BCUT2D eigenvalue weighted by atomic mass is 16.5. The molecule has 4 rings (SSSR count). The minimum atomic E-state index is -0.202. The molecule has 6 nitrogen and oxygen atoms in total. The summed E-state index contributed by atoms with van der Waals surface area (Å²) in [5.74, 6) is 2.25. The number of ether oxygens (including phenoxy) is 3. The summed E-state index contributed by atoms with van der Waals surface area (Å²) < 4.78 is 16.9. The van der Waals surface area contributed by atoms with E-state index < -0.39 is 0 Å². The second-order valence-electron chi connectivity index (χ2n) is 6.41. The van der Waals surface area contributed by atoms with Crippen LogP contribution in [-0.2, 0) is 6.61 Å². The van der Waals surface area contributed by atoms with Gasteiger partial charge in [-0.1, -0.05) is 30.3 Å². The van der Waals surface area contributed by atoms with Crippen molar-refractivity contribution in [2.45, 2.75) is 6.61 Å². The maximum absolute atomic E-state index is 12.5. The van der Waals surface area contributed by atoms with Crippen LogP contribution in [0.3, 0.4) is 0 Å². The highest BCUT2D eigenvalue weighted by Gasteiger charge is 2.16. The Morgan fingerprint density at radius 1 is 0.931 bits per heavy atom. The summed E-state index contributed by atoms with van der Waals surface area (Å²) in [6.45, 7) is 0.308. The molecule has 0 radical (unpaired) electrons. The molecule has 1 heterocycles. The molecular weight excluding hydrogens is 368 g/mol. The van der Waals surface area contributed by atoms with E-state index in [9.17, 15) is 4.79 Å². The van der Waals surface area contributed by atoms with Crippen molar-refractivity contribution >= 4 is 10.9 Å². The largest absolute Gasteiger partial charge is 0.497 e. The van der Waals surface area contributed by atoms with Crippen LogP contribution in [0.15, 0.2) is 71.5 Å². The summed E-state index contributed by atoms with van der Waals surface area (Å²) in [4.78, 5) is 20.0. The summed E-state index contributed by atoms with van der Waals surface area (Å²) >= 11 is 0. The minimum Gasteiger partial charge on any atom is -0.497 e. The third-order valence-corrected chi connectivity index (χ3v) is 4.58. The van der Waals surface area contributed by atoms with Crippen LogP contribution in [0.4, 0.5) is 0 Å². The van der Waals surface area contributed by atoms with E-state index in [0.717, 1.165) is 11.3 Å². The van der Waals surface area contributed by atoms with E-state index in [1.54, 1.807) is 20.3 Å². The van der Waals surface area contributed by atoms with E-state index in [2.05, 4.69) is 9.97 Å². The maximum atomic E-state index is 12.5. The zero-order valence-electron chi connectivity index (χ0n) is 16.1. The van der Waals surface area contributed by atoms with Gasteiger partial charge in [-0.2, -0.15) is 0 Å². The Morgan fingerprint density at radius 2 is 1.76 bits per heavy atom. The van der Waals surface area contributed by atoms with E-state index in [-0.39, 0.29) is 5.56 Å². The molecule has 3 aromatic carbocycles. The summed E-state index contributed by atoms with van der Waals surface area (Å²) in [6.07, 6.45) is 0. The molecule has 29 heavy (non-hydrogen) atoms. The maximum Gasteiger partial charge on any atom is 0.259 e. The lowest BCUT2D eigenvalue weighted by Crippen LogP contribution is -2.10. The molecule has 6 heteroatoms. The number of methoxy groups -OCH3 is 2. The molecule has 0 amide bonds. The lowest BCUT2D eigenvalue weighted by molar-refractivity contribution is 0.285. The van der Waals surface area contributed by atoms with Crippen molar-refractivity contribution in [3.63, 3.8) is 0 Å². The molecular formula is C23H20N2O4.